The van der Waals surface area contributed by atoms with Gasteiger partial charge in [0, 0.05) is 50.7 Å². The minimum atomic E-state index is -0.527. The Labute approximate surface area is 209 Å². The Morgan fingerprint density at radius 1 is 1.11 bits per heavy atom. The quantitative estimate of drug-likeness (QED) is 0.417. The molecule has 10 nitrogen and oxygen atoms in total. The van der Waals surface area contributed by atoms with Gasteiger partial charge < -0.3 is 25.2 Å². The second-order valence-corrected chi connectivity index (χ2v) is 10.1. The summed E-state index contributed by atoms with van der Waals surface area (Å²) in [6, 6.07) is 4.65. The third kappa shape index (κ3) is 4.95. The van der Waals surface area contributed by atoms with Crippen LogP contribution in [0.4, 0.5) is 11.4 Å². The number of hydrogen-bond acceptors (Lipinski definition) is 6. The molecule has 0 bridgehead atoms. The van der Waals surface area contributed by atoms with Crippen molar-refractivity contribution < 1.29 is 19.6 Å². The van der Waals surface area contributed by atoms with E-state index in [9.17, 15) is 24.8 Å². The molecule has 0 spiro atoms. The summed E-state index contributed by atoms with van der Waals surface area (Å²) in [4.78, 5) is 44.2. The molecule has 1 aromatic carbocycles. The average Bonchev–Trinajstić information content (AvgIpc) is 3.52. The third-order valence-corrected chi connectivity index (χ3v) is 7.89. The molecule has 0 atom stereocenters. The van der Waals surface area contributed by atoms with Crippen LogP contribution in [-0.2, 0) is 12.8 Å². The molecule has 3 N–H and O–H groups in total. The second kappa shape index (κ2) is 10.3. The van der Waals surface area contributed by atoms with Gasteiger partial charge in [-0.15, -0.1) is 0 Å². The van der Waals surface area contributed by atoms with Crippen molar-refractivity contribution in [1.29, 1.82) is 0 Å². The van der Waals surface area contributed by atoms with Gasteiger partial charge in [0.2, 0.25) is 0 Å². The lowest BCUT2D eigenvalue weighted by Crippen LogP contribution is -2.49. The Hall–Kier alpha value is -3.40. The summed E-state index contributed by atoms with van der Waals surface area (Å²) >= 11 is 0. The minimum Gasteiger partial charge on any atom is -0.393 e. The number of aliphatic hydroxyl groups is 1. The molecule has 3 aliphatic rings. The first-order valence-corrected chi connectivity index (χ1v) is 12.9. The molecular weight excluding hydrogens is 462 g/mol. The van der Waals surface area contributed by atoms with Crippen LogP contribution < -0.4 is 10.2 Å². The maximum absolute atomic E-state index is 13.1. The summed E-state index contributed by atoms with van der Waals surface area (Å²) in [6.07, 6.45) is 7.83. The van der Waals surface area contributed by atoms with Crippen molar-refractivity contribution in [3.63, 3.8) is 0 Å². The largest absolute Gasteiger partial charge is 0.393 e. The molecule has 0 radical (unpaired) electrons. The Bertz CT molecular complexity index is 1150. The molecule has 5 rings (SSSR count). The van der Waals surface area contributed by atoms with E-state index in [-0.39, 0.29) is 29.2 Å². The summed E-state index contributed by atoms with van der Waals surface area (Å²) in [5.41, 5.74) is 3.67. The fraction of sp³-hybridized carbons (Fsp3) is 0.538. The number of rotatable bonds is 6. The summed E-state index contributed by atoms with van der Waals surface area (Å²) in [6.45, 7) is 2.68. The first kappa shape index (κ1) is 24.3. The van der Waals surface area contributed by atoms with E-state index in [2.05, 4.69) is 15.2 Å². The molecule has 1 aromatic heterocycles. The maximum Gasteiger partial charge on any atom is 0.282 e. The highest BCUT2D eigenvalue weighted by molar-refractivity contribution is 5.99. The molecule has 1 aliphatic heterocycles. The van der Waals surface area contributed by atoms with Gasteiger partial charge in [-0.25, -0.2) is 0 Å². The van der Waals surface area contributed by atoms with Crippen LogP contribution in [0.5, 0.6) is 0 Å². The topological polar surface area (TPSA) is 132 Å². The highest BCUT2D eigenvalue weighted by atomic mass is 16.6. The number of aryl methyl sites for hydroxylation is 1. The first-order valence-electron chi connectivity index (χ1n) is 12.9. The molecule has 2 fully saturated rings. The van der Waals surface area contributed by atoms with E-state index < -0.39 is 10.8 Å². The zero-order valence-corrected chi connectivity index (χ0v) is 20.4. The molecule has 2 aliphatic carbocycles. The summed E-state index contributed by atoms with van der Waals surface area (Å²) in [5, 5.41) is 24.1. The second-order valence-electron chi connectivity index (χ2n) is 10.1. The molecule has 0 unspecified atom stereocenters. The molecule has 1 saturated heterocycles. The summed E-state index contributed by atoms with van der Waals surface area (Å²) < 4.78 is 0. The fourth-order valence-corrected chi connectivity index (χ4v) is 5.72. The molecule has 192 valence electrons. The molecule has 2 heterocycles. The van der Waals surface area contributed by atoms with E-state index in [1.807, 2.05) is 11.1 Å². The number of amides is 2. The number of aromatic nitrogens is 1. The van der Waals surface area contributed by atoms with Crippen molar-refractivity contribution in [2.75, 3.05) is 37.6 Å². The lowest BCUT2D eigenvalue weighted by molar-refractivity contribution is -0.385. The van der Waals surface area contributed by atoms with Crippen molar-refractivity contribution >= 4 is 23.2 Å². The van der Waals surface area contributed by atoms with Crippen LogP contribution in [0.3, 0.4) is 0 Å². The van der Waals surface area contributed by atoms with Gasteiger partial charge in [-0.05, 0) is 74.1 Å². The molecule has 1 saturated carbocycles. The number of nitrogens with zero attached hydrogens (tertiary/aromatic N) is 3. The fourth-order valence-electron chi connectivity index (χ4n) is 5.72. The standard InChI is InChI=1S/C26H33N5O5/c32-20-7-4-17(5-8-20)15-28-25(33)22-14-19(6-9-23(22)31(35)36)29-10-12-30(13-11-29)26(34)24-21-3-1-2-18(21)16-27-24/h6,9,14,16-17,20,27,32H,1-5,7-8,10-13,15H2,(H,28,33). The van der Waals surface area contributed by atoms with Gasteiger partial charge in [0.15, 0.2) is 0 Å². The van der Waals surface area contributed by atoms with Crippen LogP contribution in [0, 0.1) is 16.0 Å². The van der Waals surface area contributed by atoms with Gasteiger partial charge in [0.05, 0.1) is 11.0 Å². The number of benzene rings is 1. The predicted molar refractivity (Wildman–Crippen MR) is 134 cm³/mol. The Morgan fingerprint density at radius 2 is 1.86 bits per heavy atom. The number of piperazine rings is 1. The van der Waals surface area contributed by atoms with E-state index in [1.54, 1.807) is 12.1 Å². The van der Waals surface area contributed by atoms with Crippen molar-refractivity contribution in [3.8, 4) is 0 Å². The van der Waals surface area contributed by atoms with E-state index in [1.165, 1.54) is 11.6 Å². The van der Waals surface area contributed by atoms with Crippen LogP contribution in [0.25, 0.3) is 0 Å². The van der Waals surface area contributed by atoms with Crippen molar-refractivity contribution in [3.05, 3.63) is 56.9 Å². The van der Waals surface area contributed by atoms with Crippen molar-refractivity contribution in [2.45, 2.75) is 51.0 Å². The van der Waals surface area contributed by atoms with Crippen LogP contribution in [0.15, 0.2) is 24.4 Å². The van der Waals surface area contributed by atoms with E-state index in [0.717, 1.165) is 56.2 Å². The highest BCUT2D eigenvalue weighted by Gasteiger charge is 2.29. The number of hydrogen-bond donors (Lipinski definition) is 3. The van der Waals surface area contributed by atoms with Gasteiger partial charge >= 0.3 is 0 Å². The lowest BCUT2D eigenvalue weighted by atomic mass is 9.87. The van der Waals surface area contributed by atoms with E-state index in [0.29, 0.717) is 38.4 Å². The molecule has 10 heteroatoms. The molecular formula is C26H33N5O5. The number of carbonyl (C=O) groups is 2. The molecule has 36 heavy (non-hydrogen) atoms. The van der Waals surface area contributed by atoms with E-state index >= 15 is 0 Å². The smallest absolute Gasteiger partial charge is 0.282 e. The Balaban J connectivity index is 1.23. The van der Waals surface area contributed by atoms with Crippen LogP contribution in [0.1, 0.15) is 64.1 Å². The first-order chi connectivity index (χ1) is 17.4. The number of nitro benzene ring substituents is 1. The van der Waals surface area contributed by atoms with Crippen LogP contribution >= 0.6 is 0 Å². The number of aromatic amines is 1. The van der Waals surface area contributed by atoms with Gasteiger partial charge in [-0.3, -0.25) is 19.7 Å². The SMILES string of the molecule is O=C(NCC1CCC(O)CC1)c1cc(N2CCN(C(=O)c3[nH]cc4c3CCC4)CC2)ccc1[N+](=O)[O-]. The van der Waals surface area contributed by atoms with Crippen LogP contribution in [-0.4, -0.2) is 70.6 Å². The van der Waals surface area contributed by atoms with Gasteiger partial charge in [0.25, 0.3) is 17.5 Å². The van der Waals surface area contributed by atoms with Crippen LogP contribution in [0.2, 0.25) is 0 Å². The van der Waals surface area contributed by atoms with Gasteiger partial charge in [-0.1, -0.05) is 0 Å². The number of fused-ring (bicyclic) bond motifs is 1. The monoisotopic (exact) mass is 495 g/mol. The summed E-state index contributed by atoms with van der Waals surface area (Å²) in [5.74, 6) is -0.160. The number of H-pyrrole nitrogens is 1. The lowest BCUT2D eigenvalue weighted by Gasteiger charge is -2.36. The number of nitro groups is 1. The maximum atomic E-state index is 13.1. The average molecular weight is 496 g/mol. The predicted octanol–water partition coefficient (Wildman–Crippen LogP) is 2.65. The normalized spacial score (nSPS) is 21.8. The number of anilines is 1. The number of aliphatic hydroxyl groups excluding tert-OH is 1. The third-order valence-electron chi connectivity index (χ3n) is 7.89. The number of nitrogens with one attached hydrogen (secondary N) is 2. The van der Waals surface area contributed by atoms with Crippen molar-refractivity contribution in [1.82, 2.24) is 15.2 Å². The van der Waals surface area contributed by atoms with Crippen molar-refractivity contribution in [2.24, 2.45) is 5.92 Å². The minimum absolute atomic E-state index is 0.0248. The zero-order chi connectivity index (χ0) is 25.2. The Kier molecular flexibility index (Phi) is 6.95. The van der Waals surface area contributed by atoms with Gasteiger partial charge in [-0.2, -0.15) is 0 Å². The number of carbonyl (C=O) groups excluding carboxylic acids is 2. The molecule has 2 aromatic rings. The Morgan fingerprint density at radius 3 is 2.58 bits per heavy atom. The highest BCUT2D eigenvalue weighted by Crippen LogP contribution is 2.29. The molecule has 2 amide bonds. The van der Waals surface area contributed by atoms with E-state index in [4.69, 9.17) is 0 Å². The zero-order valence-electron chi connectivity index (χ0n) is 20.4. The van der Waals surface area contributed by atoms with Gasteiger partial charge in [0.1, 0.15) is 11.3 Å². The summed E-state index contributed by atoms with van der Waals surface area (Å²) in [7, 11) is 0.